The number of furan rings is 1. The summed E-state index contributed by atoms with van der Waals surface area (Å²) >= 11 is 0. The maximum Gasteiger partial charge on any atom is 0.258 e. The van der Waals surface area contributed by atoms with Gasteiger partial charge in [-0.3, -0.25) is 4.79 Å². The summed E-state index contributed by atoms with van der Waals surface area (Å²) in [6, 6.07) is 11.9. The first-order chi connectivity index (χ1) is 10.1. The van der Waals surface area contributed by atoms with Crippen molar-refractivity contribution in [3.8, 4) is 0 Å². The van der Waals surface area contributed by atoms with Crippen LogP contribution in [0.4, 0.5) is 5.69 Å². The molecule has 1 aromatic heterocycles. The van der Waals surface area contributed by atoms with Crippen molar-refractivity contribution in [2.24, 2.45) is 5.92 Å². The lowest BCUT2D eigenvalue weighted by Gasteiger charge is -2.07. The molecule has 2 aliphatic rings. The Labute approximate surface area is 123 Å². The average Bonchev–Trinajstić information content (AvgIpc) is 2.95. The molecule has 0 radical (unpaired) electrons. The number of amides is 1. The van der Waals surface area contributed by atoms with Gasteiger partial charge in [0, 0.05) is 18.5 Å². The number of carbonyl (C=O) groups excluding carboxylic acids is 1. The van der Waals surface area contributed by atoms with Crippen molar-refractivity contribution in [1.82, 2.24) is 0 Å². The molecule has 2 atom stereocenters. The van der Waals surface area contributed by atoms with E-state index in [1.807, 2.05) is 42.5 Å². The highest BCUT2D eigenvalue weighted by molar-refractivity contribution is 6.35. The molecule has 0 bridgehead atoms. The fourth-order valence-corrected chi connectivity index (χ4v) is 3.04. The van der Waals surface area contributed by atoms with E-state index >= 15 is 0 Å². The molecule has 0 unspecified atom stereocenters. The molecule has 2 aromatic rings. The second-order valence-electron chi connectivity index (χ2n) is 6.00. The van der Waals surface area contributed by atoms with Gasteiger partial charge in [0.1, 0.15) is 11.5 Å². The first-order valence-corrected chi connectivity index (χ1v) is 7.34. The first kappa shape index (κ1) is 12.5. The molecular weight excluding hydrogens is 262 g/mol. The maximum absolute atomic E-state index is 12.4. The highest BCUT2D eigenvalue weighted by Crippen LogP contribution is 2.47. The van der Waals surface area contributed by atoms with Crippen molar-refractivity contribution < 1.29 is 9.21 Å². The SMILES string of the molecule is C[C@H]1C[C@@H]1c1ccc(/C=C2\C(=O)N(C)c3ccccc32)o1. The zero-order chi connectivity index (χ0) is 14.6. The van der Waals surface area contributed by atoms with Crippen LogP contribution in [0.15, 0.2) is 40.8 Å². The van der Waals surface area contributed by atoms with Gasteiger partial charge < -0.3 is 9.32 Å². The number of carbonyl (C=O) groups is 1. The van der Waals surface area contributed by atoms with Crippen LogP contribution < -0.4 is 4.90 Å². The standard InChI is InChI=1S/C18H17NO2/c1-11-9-14(11)17-8-7-12(21-17)10-15-13-5-3-4-6-16(13)19(2)18(15)20/h3-8,10-11,14H,9H2,1-2H3/b15-10-/t11-,14-/m0/s1. The normalized spacial score (nSPS) is 25.5. The molecule has 3 heteroatoms. The molecule has 0 spiro atoms. The molecular formula is C18H17NO2. The largest absolute Gasteiger partial charge is 0.461 e. The molecule has 1 fully saturated rings. The van der Waals surface area contributed by atoms with Crippen molar-refractivity contribution in [3.05, 3.63) is 53.5 Å². The molecule has 1 aromatic carbocycles. The Morgan fingerprint density at radius 2 is 2.00 bits per heavy atom. The first-order valence-electron chi connectivity index (χ1n) is 7.34. The maximum atomic E-state index is 12.4. The lowest BCUT2D eigenvalue weighted by Crippen LogP contribution is -2.20. The Morgan fingerprint density at radius 1 is 1.24 bits per heavy atom. The van der Waals surface area contributed by atoms with E-state index in [1.165, 1.54) is 6.42 Å². The molecule has 3 nitrogen and oxygen atoms in total. The summed E-state index contributed by atoms with van der Waals surface area (Å²) in [5.74, 6) is 3.11. The van der Waals surface area contributed by atoms with Crippen molar-refractivity contribution in [2.75, 3.05) is 11.9 Å². The second kappa shape index (κ2) is 4.35. The number of likely N-dealkylation sites (N-methyl/N-ethyl adjacent to an activating group) is 1. The van der Waals surface area contributed by atoms with E-state index < -0.39 is 0 Å². The van der Waals surface area contributed by atoms with Crippen LogP contribution in [0.5, 0.6) is 0 Å². The summed E-state index contributed by atoms with van der Waals surface area (Å²) in [5, 5.41) is 0. The lowest BCUT2D eigenvalue weighted by molar-refractivity contribution is -0.112. The van der Waals surface area contributed by atoms with Gasteiger partial charge in [0.05, 0.1) is 11.3 Å². The van der Waals surface area contributed by atoms with E-state index in [2.05, 4.69) is 6.92 Å². The fourth-order valence-electron chi connectivity index (χ4n) is 3.04. The summed E-state index contributed by atoms with van der Waals surface area (Å²) in [6.07, 6.45) is 3.06. The molecule has 1 saturated carbocycles. The summed E-state index contributed by atoms with van der Waals surface area (Å²) in [4.78, 5) is 14.1. The minimum Gasteiger partial charge on any atom is -0.461 e. The van der Waals surface area contributed by atoms with Crippen molar-refractivity contribution >= 4 is 23.2 Å². The van der Waals surface area contributed by atoms with Crippen LogP contribution in [0.3, 0.4) is 0 Å². The van der Waals surface area contributed by atoms with Gasteiger partial charge in [-0.1, -0.05) is 25.1 Å². The smallest absolute Gasteiger partial charge is 0.258 e. The summed E-state index contributed by atoms with van der Waals surface area (Å²) < 4.78 is 5.89. The number of anilines is 1. The average molecular weight is 279 g/mol. The van der Waals surface area contributed by atoms with Gasteiger partial charge in [-0.05, 0) is 36.6 Å². The highest BCUT2D eigenvalue weighted by Gasteiger charge is 2.36. The zero-order valence-electron chi connectivity index (χ0n) is 12.2. The van der Waals surface area contributed by atoms with Crippen LogP contribution in [0.25, 0.3) is 11.6 Å². The molecule has 1 amide bonds. The van der Waals surface area contributed by atoms with Crippen LogP contribution in [0, 0.1) is 5.92 Å². The molecule has 4 rings (SSSR count). The van der Waals surface area contributed by atoms with Crippen molar-refractivity contribution in [3.63, 3.8) is 0 Å². The lowest BCUT2D eigenvalue weighted by atomic mass is 10.1. The van der Waals surface area contributed by atoms with Crippen LogP contribution in [-0.4, -0.2) is 13.0 Å². The molecule has 21 heavy (non-hydrogen) atoms. The van der Waals surface area contributed by atoms with Crippen molar-refractivity contribution in [2.45, 2.75) is 19.3 Å². The minimum atomic E-state index is 0.0222. The van der Waals surface area contributed by atoms with Crippen LogP contribution in [0.1, 0.15) is 36.3 Å². The van der Waals surface area contributed by atoms with Crippen LogP contribution in [0.2, 0.25) is 0 Å². The Balaban J connectivity index is 1.72. The highest BCUT2D eigenvalue weighted by atomic mass is 16.3. The van der Waals surface area contributed by atoms with E-state index in [4.69, 9.17) is 4.42 Å². The number of rotatable bonds is 2. The van der Waals surface area contributed by atoms with Gasteiger partial charge in [-0.25, -0.2) is 0 Å². The van der Waals surface area contributed by atoms with E-state index in [-0.39, 0.29) is 5.91 Å². The third-order valence-corrected chi connectivity index (χ3v) is 4.50. The second-order valence-corrected chi connectivity index (χ2v) is 6.00. The number of nitrogens with zero attached hydrogens (tertiary/aromatic N) is 1. The van der Waals surface area contributed by atoms with Gasteiger partial charge in [0.25, 0.3) is 5.91 Å². The third-order valence-electron chi connectivity index (χ3n) is 4.50. The monoisotopic (exact) mass is 279 g/mol. The molecule has 2 heterocycles. The van der Waals surface area contributed by atoms with Gasteiger partial charge in [-0.2, -0.15) is 0 Å². The Bertz CT molecular complexity index is 756. The predicted octanol–water partition coefficient (Wildman–Crippen LogP) is 3.92. The molecule has 106 valence electrons. The van der Waals surface area contributed by atoms with Crippen LogP contribution >= 0.6 is 0 Å². The molecule has 1 aliphatic carbocycles. The van der Waals surface area contributed by atoms with E-state index in [0.717, 1.165) is 28.7 Å². The fraction of sp³-hybridized carbons (Fsp3) is 0.278. The van der Waals surface area contributed by atoms with Crippen LogP contribution in [-0.2, 0) is 4.79 Å². The van der Waals surface area contributed by atoms with E-state index in [9.17, 15) is 4.79 Å². The van der Waals surface area contributed by atoms with Crippen molar-refractivity contribution in [1.29, 1.82) is 0 Å². The quantitative estimate of drug-likeness (QED) is 0.781. The number of fused-ring (bicyclic) bond motifs is 1. The third kappa shape index (κ3) is 1.92. The van der Waals surface area contributed by atoms with Gasteiger partial charge in [0.15, 0.2) is 0 Å². The summed E-state index contributed by atoms with van der Waals surface area (Å²) in [7, 11) is 1.81. The van der Waals surface area contributed by atoms with Gasteiger partial charge in [-0.15, -0.1) is 0 Å². The zero-order valence-corrected chi connectivity index (χ0v) is 12.2. The van der Waals surface area contributed by atoms with Gasteiger partial charge >= 0.3 is 0 Å². The van der Waals surface area contributed by atoms with E-state index in [1.54, 1.807) is 11.9 Å². The Morgan fingerprint density at radius 3 is 2.76 bits per heavy atom. The number of benzene rings is 1. The summed E-state index contributed by atoms with van der Waals surface area (Å²) in [5.41, 5.74) is 2.64. The van der Waals surface area contributed by atoms with E-state index in [0.29, 0.717) is 11.5 Å². The Hall–Kier alpha value is -2.29. The summed E-state index contributed by atoms with van der Waals surface area (Å²) in [6.45, 7) is 2.23. The topological polar surface area (TPSA) is 33.5 Å². The number of para-hydroxylation sites is 1. The van der Waals surface area contributed by atoms with Gasteiger partial charge in [0.2, 0.25) is 0 Å². The number of hydrogen-bond acceptors (Lipinski definition) is 2. The molecule has 0 saturated heterocycles. The number of hydrogen-bond donors (Lipinski definition) is 0. The molecule has 0 N–H and O–H groups in total. The minimum absolute atomic E-state index is 0.0222. The predicted molar refractivity (Wildman–Crippen MR) is 83.0 cm³/mol. The molecule has 1 aliphatic heterocycles. The Kier molecular flexibility index (Phi) is 2.58.